The van der Waals surface area contributed by atoms with Gasteiger partial charge in [0.25, 0.3) is 0 Å². The minimum absolute atomic E-state index is 0.611. The van der Waals surface area contributed by atoms with Crippen LogP contribution in [0, 0.1) is 0 Å². The average Bonchev–Trinajstić information content (AvgIpc) is 3.00. The molecule has 1 atom stereocenters. The van der Waals surface area contributed by atoms with Crippen LogP contribution in [0.1, 0.15) is 63.6 Å². The van der Waals surface area contributed by atoms with Crippen LogP contribution in [-0.2, 0) is 6.42 Å². The molecule has 3 rings (SSSR count). The van der Waals surface area contributed by atoms with E-state index >= 15 is 0 Å². The van der Waals surface area contributed by atoms with Crippen LogP contribution >= 0.6 is 0 Å². The maximum atomic E-state index is 4.96. The van der Waals surface area contributed by atoms with Crippen molar-refractivity contribution in [3.63, 3.8) is 0 Å². The minimum atomic E-state index is 0.611. The summed E-state index contributed by atoms with van der Waals surface area (Å²) >= 11 is 0. The molecule has 4 nitrogen and oxygen atoms in total. The van der Waals surface area contributed by atoms with Crippen LogP contribution in [0.4, 0.5) is 5.95 Å². The van der Waals surface area contributed by atoms with Crippen molar-refractivity contribution in [1.29, 1.82) is 0 Å². The van der Waals surface area contributed by atoms with E-state index in [9.17, 15) is 0 Å². The molecule has 21 heavy (non-hydrogen) atoms. The molecule has 118 valence electrons. The number of likely N-dealkylation sites (N-methyl/N-ethyl adjacent to an activating group) is 1. The van der Waals surface area contributed by atoms with Crippen molar-refractivity contribution in [3.05, 3.63) is 11.9 Å². The molecule has 0 radical (unpaired) electrons. The number of nitrogens with one attached hydrogen (secondary N) is 1. The summed E-state index contributed by atoms with van der Waals surface area (Å²) < 4.78 is 2.51. The number of nitrogens with zero attached hydrogens (tertiary/aromatic N) is 3. The zero-order valence-corrected chi connectivity index (χ0v) is 13.6. The smallest absolute Gasteiger partial charge is 0.206 e. The Kier molecular flexibility index (Phi) is 4.84. The van der Waals surface area contributed by atoms with Gasteiger partial charge in [-0.15, -0.1) is 0 Å². The van der Waals surface area contributed by atoms with Gasteiger partial charge in [-0.3, -0.25) is 0 Å². The molecule has 1 saturated carbocycles. The minimum Gasteiger partial charge on any atom is -0.341 e. The average molecular weight is 290 g/mol. The van der Waals surface area contributed by atoms with Gasteiger partial charge in [-0.1, -0.05) is 26.2 Å². The van der Waals surface area contributed by atoms with Crippen molar-refractivity contribution in [2.24, 2.45) is 0 Å². The first-order valence-electron chi connectivity index (χ1n) is 8.81. The highest BCUT2D eigenvalue weighted by Gasteiger charge is 2.26. The predicted octanol–water partition coefficient (Wildman–Crippen LogP) is 3.14. The Morgan fingerprint density at radius 2 is 2.00 bits per heavy atom. The molecule has 2 fully saturated rings. The van der Waals surface area contributed by atoms with Crippen LogP contribution in [0.2, 0.25) is 0 Å². The van der Waals surface area contributed by atoms with Gasteiger partial charge in [0.1, 0.15) is 0 Å². The maximum Gasteiger partial charge on any atom is 0.206 e. The lowest BCUT2D eigenvalue weighted by molar-refractivity contribution is 0.348. The largest absolute Gasteiger partial charge is 0.341 e. The van der Waals surface area contributed by atoms with Crippen molar-refractivity contribution in [2.45, 2.75) is 70.4 Å². The second kappa shape index (κ2) is 6.82. The third kappa shape index (κ3) is 3.25. The molecule has 2 aliphatic rings. The van der Waals surface area contributed by atoms with E-state index < -0.39 is 0 Å². The van der Waals surface area contributed by atoms with Crippen LogP contribution in [0.25, 0.3) is 0 Å². The van der Waals surface area contributed by atoms with Gasteiger partial charge in [0.2, 0.25) is 5.95 Å². The van der Waals surface area contributed by atoms with Crippen molar-refractivity contribution in [3.8, 4) is 0 Å². The summed E-state index contributed by atoms with van der Waals surface area (Å²) in [5.41, 5.74) is 1.25. The number of aromatic nitrogens is 2. The van der Waals surface area contributed by atoms with Crippen LogP contribution in [0.3, 0.4) is 0 Å². The molecule has 1 saturated heterocycles. The van der Waals surface area contributed by atoms with E-state index in [4.69, 9.17) is 4.98 Å². The molecule has 1 N–H and O–H groups in total. The highest BCUT2D eigenvalue weighted by molar-refractivity contribution is 5.35. The van der Waals surface area contributed by atoms with Gasteiger partial charge >= 0.3 is 0 Å². The summed E-state index contributed by atoms with van der Waals surface area (Å²) in [4.78, 5) is 7.47. The molecule has 1 aliphatic heterocycles. The third-order valence-electron chi connectivity index (χ3n) is 5.21. The number of hydrogen-bond acceptors (Lipinski definition) is 3. The number of aryl methyl sites for hydroxylation is 1. The van der Waals surface area contributed by atoms with Gasteiger partial charge in [-0.25, -0.2) is 4.98 Å². The molecule has 4 heteroatoms. The quantitative estimate of drug-likeness (QED) is 0.925. The Morgan fingerprint density at radius 1 is 1.19 bits per heavy atom. The Bertz CT molecular complexity index is 448. The summed E-state index contributed by atoms with van der Waals surface area (Å²) in [6.45, 7) is 4.47. The molecule has 0 aromatic carbocycles. The fourth-order valence-corrected chi connectivity index (χ4v) is 3.86. The van der Waals surface area contributed by atoms with E-state index in [1.54, 1.807) is 0 Å². The van der Waals surface area contributed by atoms with E-state index in [1.165, 1.54) is 56.6 Å². The maximum absolute atomic E-state index is 4.96. The lowest BCUT2D eigenvalue weighted by atomic mass is 9.95. The van der Waals surface area contributed by atoms with Crippen LogP contribution < -0.4 is 10.2 Å². The highest BCUT2D eigenvalue weighted by Crippen LogP contribution is 2.32. The fourth-order valence-electron chi connectivity index (χ4n) is 3.86. The van der Waals surface area contributed by atoms with E-state index in [2.05, 4.69) is 35.0 Å². The van der Waals surface area contributed by atoms with Crippen molar-refractivity contribution in [1.82, 2.24) is 14.9 Å². The molecule has 1 unspecified atom stereocenters. The highest BCUT2D eigenvalue weighted by atomic mass is 15.3. The van der Waals surface area contributed by atoms with Crippen LogP contribution in [0.5, 0.6) is 0 Å². The molecule has 1 aliphatic carbocycles. The molecule has 0 spiro atoms. The normalized spacial score (nSPS) is 24.5. The Morgan fingerprint density at radius 3 is 2.71 bits per heavy atom. The SMILES string of the molecule is CCc1cn(C2CCCCC2)c(N2CCCC(NC)C2)n1. The Balaban J connectivity index is 1.83. The van der Waals surface area contributed by atoms with E-state index in [1.807, 2.05) is 0 Å². The number of imidazole rings is 1. The van der Waals surface area contributed by atoms with Gasteiger partial charge in [0, 0.05) is 31.4 Å². The summed E-state index contributed by atoms with van der Waals surface area (Å²) in [6, 6.07) is 1.29. The topological polar surface area (TPSA) is 33.1 Å². The fraction of sp³-hybridized carbons (Fsp3) is 0.824. The monoisotopic (exact) mass is 290 g/mol. The van der Waals surface area contributed by atoms with Crippen LogP contribution in [0.15, 0.2) is 6.20 Å². The molecule has 0 amide bonds. The molecule has 2 heterocycles. The standard InChI is InChI=1S/C17H30N4/c1-3-14-13-21(16-9-5-4-6-10-16)17(19-14)20-11-7-8-15(12-20)18-2/h13,15-16,18H,3-12H2,1-2H3. The lowest BCUT2D eigenvalue weighted by Crippen LogP contribution is -2.45. The number of piperidine rings is 1. The van der Waals surface area contributed by atoms with E-state index in [0.29, 0.717) is 12.1 Å². The Labute approximate surface area is 128 Å². The molecular weight excluding hydrogens is 260 g/mol. The second-order valence-corrected chi connectivity index (χ2v) is 6.66. The third-order valence-corrected chi connectivity index (χ3v) is 5.21. The summed E-state index contributed by atoms with van der Waals surface area (Å²) in [6.07, 6.45) is 12.7. The summed E-state index contributed by atoms with van der Waals surface area (Å²) in [5.74, 6) is 1.23. The van der Waals surface area contributed by atoms with Gasteiger partial charge in [-0.2, -0.15) is 0 Å². The lowest BCUT2D eigenvalue weighted by Gasteiger charge is -2.35. The van der Waals surface area contributed by atoms with Crippen LogP contribution in [-0.4, -0.2) is 35.7 Å². The number of hydrogen-bond donors (Lipinski definition) is 1. The molecule has 1 aromatic rings. The summed E-state index contributed by atoms with van der Waals surface area (Å²) in [7, 11) is 2.08. The van der Waals surface area contributed by atoms with Crippen molar-refractivity contribution >= 4 is 5.95 Å². The van der Waals surface area contributed by atoms with E-state index in [0.717, 1.165) is 19.5 Å². The zero-order chi connectivity index (χ0) is 14.7. The van der Waals surface area contributed by atoms with Crippen molar-refractivity contribution in [2.75, 3.05) is 25.0 Å². The summed E-state index contributed by atoms with van der Waals surface area (Å²) in [5, 5.41) is 3.44. The van der Waals surface area contributed by atoms with Gasteiger partial charge in [0.05, 0.1) is 5.69 Å². The molecule has 1 aromatic heterocycles. The molecular formula is C17H30N4. The first-order valence-corrected chi connectivity index (χ1v) is 8.81. The first kappa shape index (κ1) is 14.9. The predicted molar refractivity (Wildman–Crippen MR) is 88.0 cm³/mol. The second-order valence-electron chi connectivity index (χ2n) is 6.66. The van der Waals surface area contributed by atoms with Crippen molar-refractivity contribution < 1.29 is 0 Å². The zero-order valence-electron chi connectivity index (χ0n) is 13.6. The van der Waals surface area contributed by atoms with Gasteiger partial charge in [-0.05, 0) is 39.2 Å². The Hall–Kier alpha value is -1.03. The van der Waals surface area contributed by atoms with E-state index in [-0.39, 0.29) is 0 Å². The molecule has 0 bridgehead atoms. The number of rotatable bonds is 4. The first-order chi connectivity index (χ1) is 10.3. The van der Waals surface area contributed by atoms with Gasteiger partial charge < -0.3 is 14.8 Å². The van der Waals surface area contributed by atoms with Gasteiger partial charge in [0.15, 0.2) is 0 Å². The number of anilines is 1.